The molecule has 2 rings (SSSR count). The van der Waals surface area contributed by atoms with E-state index in [1.54, 1.807) is 0 Å². The van der Waals surface area contributed by atoms with E-state index < -0.39 is 0 Å². The van der Waals surface area contributed by atoms with Crippen LogP contribution in [0, 0.1) is 11.8 Å². The first-order chi connectivity index (χ1) is 7.34. The Bertz CT molecular complexity index is 175. The summed E-state index contributed by atoms with van der Waals surface area (Å²) in [5, 5.41) is 2.45. The summed E-state index contributed by atoms with van der Waals surface area (Å²) in [6.45, 7) is 6.17. The van der Waals surface area contributed by atoms with Crippen LogP contribution in [-0.4, -0.2) is 24.6 Å². The predicted octanol–water partition coefficient (Wildman–Crippen LogP) is 2.80. The highest BCUT2D eigenvalue weighted by molar-refractivity contribution is 4.72. The highest BCUT2D eigenvalue weighted by Gasteiger charge is 2.19. The Morgan fingerprint density at radius 2 is 1.87 bits per heavy atom. The van der Waals surface area contributed by atoms with Gasteiger partial charge in [0.1, 0.15) is 0 Å². The Morgan fingerprint density at radius 3 is 2.60 bits per heavy atom. The minimum absolute atomic E-state index is 0.940. The first-order valence-electron chi connectivity index (χ1n) is 6.83. The summed E-state index contributed by atoms with van der Waals surface area (Å²) in [6, 6.07) is 0. The van der Waals surface area contributed by atoms with Crippen LogP contribution < -0.4 is 5.43 Å². The van der Waals surface area contributed by atoms with Crippen molar-refractivity contribution < 1.29 is 0 Å². The molecular weight excluding hydrogens is 184 g/mol. The molecule has 1 saturated heterocycles. The van der Waals surface area contributed by atoms with E-state index in [0.29, 0.717) is 0 Å². The van der Waals surface area contributed by atoms with Gasteiger partial charge in [0, 0.05) is 19.6 Å². The van der Waals surface area contributed by atoms with E-state index in [4.69, 9.17) is 0 Å². The third kappa shape index (κ3) is 3.76. The SMILES string of the molecule is CC1CCCC(CNN2CCCCC2)C1. The number of nitrogens with one attached hydrogen (secondary N) is 1. The molecule has 15 heavy (non-hydrogen) atoms. The first kappa shape index (κ1) is 11.4. The van der Waals surface area contributed by atoms with Gasteiger partial charge in [0.25, 0.3) is 0 Å². The molecule has 0 radical (unpaired) electrons. The normalized spacial score (nSPS) is 34.2. The lowest BCUT2D eigenvalue weighted by molar-refractivity contribution is 0.131. The average molecular weight is 210 g/mol. The molecule has 2 nitrogen and oxygen atoms in total. The smallest absolute Gasteiger partial charge is 0.0131 e. The molecule has 88 valence electrons. The van der Waals surface area contributed by atoms with Gasteiger partial charge in [-0.1, -0.05) is 26.2 Å². The second kappa shape index (κ2) is 5.86. The molecule has 2 atom stereocenters. The van der Waals surface area contributed by atoms with Crippen molar-refractivity contribution >= 4 is 0 Å². The molecule has 0 spiro atoms. The van der Waals surface area contributed by atoms with Crippen LogP contribution in [0.3, 0.4) is 0 Å². The zero-order valence-corrected chi connectivity index (χ0v) is 10.2. The van der Waals surface area contributed by atoms with Crippen LogP contribution >= 0.6 is 0 Å². The molecule has 1 heterocycles. The summed E-state index contributed by atoms with van der Waals surface area (Å²) >= 11 is 0. The summed E-state index contributed by atoms with van der Waals surface area (Å²) in [7, 11) is 0. The maximum atomic E-state index is 3.65. The van der Waals surface area contributed by atoms with Crippen LogP contribution in [0.5, 0.6) is 0 Å². The molecule has 0 bridgehead atoms. The fourth-order valence-electron chi connectivity index (χ4n) is 3.06. The van der Waals surface area contributed by atoms with Crippen molar-refractivity contribution in [2.24, 2.45) is 11.8 Å². The van der Waals surface area contributed by atoms with Crippen molar-refractivity contribution in [3.8, 4) is 0 Å². The molecule has 0 aromatic heterocycles. The van der Waals surface area contributed by atoms with Gasteiger partial charge >= 0.3 is 0 Å². The lowest BCUT2D eigenvalue weighted by atomic mass is 9.82. The maximum Gasteiger partial charge on any atom is 0.0131 e. The van der Waals surface area contributed by atoms with Gasteiger partial charge in [0.15, 0.2) is 0 Å². The molecule has 1 saturated carbocycles. The van der Waals surface area contributed by atoms with Crippen molar-refractivity contribution in [3.05, 3.63) is 0 Å². The highest BCUT2D eigenvalue weighted by atomic mass is 15.5. The van der Waals surface area contributed by atoms with E-state index in [1.807, 2.05) is 0 Å². The Morgan fingerprint density at radius 1 is 1.07 bits per heavy atom. The summed E-state index contributed by atoms with van der Waals surface area (Å²) in [5.41, 5.74) is 3.65. The third-order valence-corrected chi connectivity index (χ3v) is 4.00. The number of rotatable bonds is 3. The Balaban J connectivity index is 1.63. The van der Waals surface area contributed by atoms with E-state index in [-0.39, 0.29) is 0 Å². The van der Waals surface area contributed by atoms with Gasteiger partial charge in [-0.05, 0) is 37.5 Å². The summed E-state index contributed by atoms with van der Waals surface area (Å²) in [4.78, 5) is 0. The molecule has 2 heteroatoms. The Kier molecular flexibility index (Phi) is 4.45. The van der Waals surface area contributed by atoms with E-state index >= 15 is 0 Å². The number of hydrogen-bond donors (Lipinski definition) is 1. The number of piperidine rings is 1. The number of hydrazine groups is 1. The van der Waals surface area contributed by atoms with Gasteiger partial charge in [-0.2, -0.15) is 0 Å². The fraction of sp³-hybridized carbons (Fsp3) is 1.00. The van der Waals surface area contributed by atoms with Gasteiger partial charge in [0.2, 0.25) is 0 Å². The van der Waals surface area contributed by atoms with Crippen LogP contribution in [0.25, 0.3) is 0 Å². The van der Waals surface area contributed by atoms with Crippen molar-refractivity contribution in [2.45, 2.75) is 51.9 Å². The third-order valence-electron chi connectivity index (χ3n) is 4.00. The van der Waals surface area contributed by atoms with Gasteiger partial charge in [0.05, 0.1) is 0 Å². The van der Waals surface area contributed by atoms with Gasteiger partial charge < -0.3 is 0 Å². The zero-order chi connectivity index (χ0) is 10.5. The molecule has 1 aliphatic heterocycles. The van der Waals surface area contributed by atoms with Crippen LogP contribution in [0.2, 0.25) is 0 Å². The highest BCUT2D eigenvalue weighted by Crippen LogP contribution is 2.28. The fourth-order valence-corrected chi connectivity index (χ4v) is 3.06. The van der Waals surface area contributed by atoms with E-state index in [2.05, 4.69) is 17.4 Å². The predicted molar refractivity (Wildman–Crippen MR) is 64.5 cm³/mol. The van der Waals surface area contributed by atoms with Crippen LogP contribution in [0.1, 0.15) is 51.9 Å². The molecular formula is C13H26N2. The van der Waals surface area contributed by atoms with Crippen LogP contribution in [-0.2, 0) is 0 Å². The van der Waals surface area contributed by atoms with E-state index in [9.17, 15) is 0 Å². The minimum Gasteiger partial charge on any atom is -0.255 e. The summed E-state index contributed by atoms with van der Waals surface area (Å²) in [5.74, 6) is 1.91. The monoisotopic (exact) mass is 210 g/mol. The second-order valence-corrected chi connectivity index (χ2v) is 5.55. The molecule has 0 amide bonds. The van der Waals surface area contributed by atoms with E-state index in [0.717, 1.165) is 11.8 Å². The molecule has 0 aromatic carbocycles. The van der Waals surface area contributed by atoms with Crippen molar-refractivity contribution in [3.63, 3.8) is 0 Å². The largest absolute Gasteiger partial charge is 0.255 e. The molecule has 2 aliphatic rings. The second-order valence-electron chi connectivity index (χ2n) is 5.55. The van der Waals surface area contributed by atoms with Gasteiger partial charge in [-0.3, -0.25) is 5.43 Å². The lowest BCUT2D eigenvalue weighted by Gasteiger charge is -2.32. The Hall–Kier alpha value is -0.0800. The number of hydrogen-bond acceptors (Lipinski definition) is 2. The maximum absolute atomic E-state index is 3.65. The van der Waals surface area contributed by atoms with Crippen molar-refractivity contribution in [2.75, 3.05) is 19.6 Å². The van der Waals surface area contributed by atoms with Gasteiger partial charge in [-0.25, -0.2) is 5.01 Å². The van der Waals surface area contributed by atoms with Crippen LogP contribution in [0.15, 0.2) is 0 Å². The topological polar surface area (TPSA) is 15.3 Å². The molecule has 2 fully saturated rings. The molecule has 2 unspecified atom stereocenters. The standard InChI is InChI=1S/C13H26N2/c1-12-6-5-7-13(10-12)11-14-15-8-3-2-4-9-15/h12-14H,2-11H2,1H3. The van der Waals surface area contributed by atoms with Crippen LogP contribution in [0.4, 0.5) is 0 Å². The molecule has 1 N–H and O–H groups in total. The zero-order valence-electron chi connectivity index (χ0n) is 10.2. The van der Waals surface area contributed by atoms with Crippen molar-refractivity contribution in [1.82, 2.24) is 10.4 Å². The quantitative estimate of drug-likeness (QED) is 0.770. The number of nitrogens with zero attached hydrogens (tertiary/aromatic N) is 1. The van der Waals surface area contributed by atoms with Crippen molar-refractivity contribution in [1.29, 1.82) is 0 Å². The summed E-state index contributed by atoms with van der Waals surface area (Å²) in [6.07, 6.45) is 10.0. The molecule has 1 aliphatic carbocycles. The lowest BCUT2D eigenvalue weighted by Crippen LogP contribution is -2.44. The Labute approximate surface area is 94.4 Å². The minimum atomic E-state index is 0.940. The van der Waals surface area contributed by atoms with E-state index in [1.165, 1.54) is 64.6 Å². The summed E-state index contributed by atoms with van der Waals surface area (Å²) < 4.78 is 0. The average Bonchev–Trinajstić information content (AvgIpc) is 2.28. The molecule has 0 aromatic rings. The first-order valence-corrected chi connectivity index (χ1v) is 6.83. The van der Waals surface area contributed by atoms with Gasteiger partial charge in [-0.15, -0.1) is 0 Å².